The molecule has 0 aliphatic carbocycles. The molecule has 0 bridgehead atoms. The molecule has 0 radical (unpaired) electrons. The fourth-order valence-corrected chi connectivity index (χ4v) is 2.04. The van der Waals surface area contributed by atoms with Crippen molar-refractivity contribution in [2.24, 2.45) is 0 Å². The Morgan fingerprint density at radius 3 is 2.20 bits per heavy atom. The fourth-order valence-electron chi connectivity index (χ4n) is 2.04. The highest BCUT2D eigenvalue weighted by Crippen LogP contribution is 2.09. The van der Waals surface area contributed by atoms with Crippen LogP contribution in [0.2, 0.25) is 0 Å². The summed E-state index contributed by atoms with van der Waals surface area (Å²) in [6, 6.07) is 5.45. The van der Waals surface area contributed by atoms with Gasteiger partial charge >= 0.3 is 11.9 Å². The first-order chi connectivity index (χ1) is 9.46. The van der Waals surface area contributed by atoms with Gasteiger partial charge in [-0.3, -0.25) is 14.9 Å². The first-order valence-electron chi connectivity index (χ1n) is 6.41. The lowest BCUT2D eigenvalue weighted by Gasteiger charge is -2.15. The molecule has 0 aliphatic rings. The number of ether oxygens (including phenoxy) is 2. The van der Waals surface area contributed by atoms with Crippen LogP contribution >= 0.6 is 0 Å². The summed E-state index contributed by atoms with van der Waals surface area (Å²) in [6.07, 6.45) is -0.0476. The minimum Gasteiger partial charge on any atom is -0.469 e. The lowest BCUT2D eigenvalue weighted by Crippen LogP contribution is -2.39. The number of carbonyl (C=O) groups excluding carboxylic acids is 2. The van der Waals surface area contributed by atoms with Crippen LogP contribution in [0, 0.1) is 13.8 Å². The Morgan fingerprint density at radius 2 is 1.70 bits per heavy atom. The van der Waals surface area contributed by atoms with Crippen LogP contribution in [0.4, 0.5) is 0 Å². The molecule has 5 nitrogen and oxygen atoms in total. The van der Waals surface area contributed by atoms with Gasteiger partial charge < -0.3 is 9.47 Å². The molecule has 0 amide bonds. The zero-order valence-electron chi connectivity index (χ0n) is 12.4. The quantitative estimate of drug-likeness (QED) is 0.799. The summed E-state index contributed by atoms with van der Waals surface area (Å²) in [7, 11) is 2.59. The lowest BCUT2D eigenvalue weighted by molar-refractivity contribution is -0.149. The third-order valence-corrected chi connectivity index (χ3v) is 2.92. The second-order valence-electron chi connectivity index (χ2n) is 4.73. The highest BCUT2D eigenvalue weighted by atomic mass is 16.5. The number of hydrogen-bond acceptors (Lipinski definition) is 5. The molecule has 0 unspecified atom stereocenters. The summed E-state index contributed by atoms with van der Waals surface area (Å²) in [5.74, 6) is -0.923. The number of esters is 2. The second kappa shape index (κ2) is 7.65. The van der Waals surface area contributed by atoms with Gasteiger partial charge in [-0.05, 0) is 19.4 Å². The molecule has 0 spiro atoms. The van der Waals surface area contributed by atoms with E-state index in [0.717, 1.165) is 16.7 Å². The van der Waals surface area contributed by atoms with Gasteiger partial charge in [0.1, 0.15) is 6.04 Å². The van der Waals surface area contributed by atoms with Crippen LogP contribution in [0.1, 0.15) is 23.1 Å². The molecular weight excluding hydrogens is 258 g/mol. The van der Waals surface area contributed by atoms with Gasteiger partial charge in [0.15, 0.2) is 0 Å². The zero-order chi connectivity index (χ0) is 15.1. The van der Waals surface area contributed by atoms with Gasteiger partial charge in [0.2, 0.25) is 0 Å². The van der Waals surface area contributed by atoms with E-state index in [-0.39, 0.29) is 6.42 Å². The maximum Gasteiger partial charge on any atom is 0.323 e. The van der Waals surface area contributed by atoms with Crippen LogP contribution < -0.4 is 5.32 Å². The van der Waals surface area contributed by atoms with Gasteiger partial charge in [-0.1, -0.05) is 29.3 Å². The number of hydrogen-bond donors (Lipinski definition) is 1. The van der Waals surface area contributed by atoms with Crippen molar-refractivity contribution in [3.63, 3.8) is 0 Å². The molecule has 0 saturated heterocycles. The Bertz CT molecular complexity index is 465. The number of methoxy groups -OCH3 is 2. The summed E-state index contributed by atoms with van der Waals surface area (Å²) >= 11 is 0. The highest BCUT2D eigenvalue weighted by Gasteiger charge is 2.22. The average molecular weight is 279 g/mol. The third kappa shape index (κ3) is 5.01. The molecule has 0 heterocycles. The van der Waals surface area contributed by atoms with E-state index in [0.29, 0.717) is 6.54 Å². The van der Waals surface area contributed by atoms with E-state index in [2.05, 4.69) is 20.9 Å². The van der Waals surface area contributed by atoms with E-state index in [1.165, 1.54) is 14.2 Å². The first-order valence-corrected chi connectivity index (χ1v) is 6.41. The Morgan fingerprint density at radius 1 is 1.10 bits per heavy atom. The zero-order valence-corrected chi connectivity index (χ0v) is 12.4. The van der Waals surface area contributed by atoms with Crippen molar-refractivity contribution in [1.82, 2.24) is 5.32 Å². The van der Waals surface area contributed by atoms with Gasteiger partial charge in [-0.25, -0.2) is 0 Å². The monoisotopic (exact) mass is 279 g/mol. The molecule has 5 heteroatoms. The fraction of sp³-hybridized carbons (Fsp3) is 0.467. The summed E-state index contributed by atoms with van der Waals surface area (Å²) in [5.41, 5.74) is 3.37. The average Bonchev–Trinajstić information content (AvgIpc) is 2.41. The van der Waals surface area contributed by atoms with E-state index >= 15 is 0 Å². The van der Waals surface area contributed by atoms with E-state index < -0.39 is 18.0 Å². The Balaban J connectivity index is 2.70. The van der Waals surface area contributed by atoms with Crippen molar-refractivity contribution >= 4 is 11.9 Å². The lowest BCUT2D eigenvalue weighted by atomic mass is 10.1. The number of aryl methyl sites for hydroxylation is 2. The van der Waals surface area contributed by atoms with Gasteiger partial charge in [-0.2, -0.15) is 0 Å². The third-order valence-electron chi connectivity index (χ3n) is 2.92. The van der Waals surface area contributed by atoms with Crippen molar-refractivity contribution in [3.8, 4) is 0 Å². The molecule has 1 N–H and O–H groups in total. The molecule has 1 atom stereocenters. The van der Waals surface area contributed by atoms with E-state index in [1.54, 1.807) is 0 Å². The summed E-state index contributed by atoms with van der Waals surface area (Å²) in [4.78, 5) is 22.9. The molecule has 1 aromatic carbocycles. The smallest absolute Gasteiger partial charge is 0.323 e. The molecule has 0 aromatic heterocycles. The van der Waals surface area contributed by atoms with Crippen LogP contribution in [0.3, 0.4) is 0 Å². The predicted octanol–water partition coefficient (Wildman–Crippen LogP) is 1.50. The van der Waals surface area contributed by atoms with Crippen molar-refractivity contribution in [1.29, 1.82) is 0 Å². The molecule has 1 rings (SSSR count). The van der Waals surface area contributed by atoms with Crippen LogP contribution in [0.5, 0.6) is 0 Å². The molecule has 110 valence electrons. The van der Waals surface area contributed by atoms with Crippen LogP contribution in [0.15, 0.2) is 18.2 Å². The first kappa shape index (κ1) is 16.2. The minimum absolute atomic E-state index is 0.0476. The van der Waals surface area contributed by atoms with E-state index in [4.69, 9.17) is 0 Å². The number of carbonyl (C=O) groups is 2. The molecule has 1 aromatic rings. The van der Waals surface area contributed by atoms with Gasteiger partial charge in [0, 0.05) is 6.54 Å². The maximum atomic E-state index is 11.6. The van der Waals surface area contributed by atoms with Crippen molar-refractivity contribution in [2.75, 3.05) is 14.2 Å². The Hall–Kier alpha value is -1.88. The van der Waals surface area contributed by atoms with Crippen LogP contribution in [-0.4, -0.2) is 32.2 Å². The maximum absolute atomic E-state index is 11.6. The molecular formula is C15H21NO4. The van der Waals surface area contributed by atoms with Gasteiger partial charge in [-0.15, -0.1) is 0 Å². The topological polar surface area (TPSA) is 64.6 Å². The highest BCUT2D eigenvalue weighted by molar-refractivity contribution is 5.82. The molecule has 0 saturated carbocycles. The van der Waals surface area contributed by atoms with Crippen molar-refractivity contribution in [2.45, 2.75) is 32.9 Å². The van der Waals surface area contributed by atoms with Gasteiger partial charge in [0.25, 0.3) is 0 Å². The number of rotatable bonds is 6. The Kier molecular flexibility index (Phi) is 6.18. The summed E-state index contributed by atoms with van der Waals surface area (Å²) in [5, 5.41) is 3.03. The van der Waals surface area contributed by atoms with Crippen molar-refractivity contribution < 1.29 is 19.1 Å². The van der Waals surface area contributed by atoms with Crippen LogP contribution in [-0.2, 0) is 25.6 Å². The molecule has 20 heavy (non-hydrogen) atoms. The standard InChI is InChI=1S/C15H21NO4/c1-10-5-11(2)7-12(6-10)9-16-13(15(18)20-4)8-14(17)19-3/h5-7,13,16H,8-9H2,1-4H3/t13-/m0/s1. The molecule has 0 fully saturated rings. The van der Waals surface area contributed by atoms with Crippen LogP contribution in [0.25, 0.3) is 0 Å². The van der Waals surface area contributed by atoms with E-state index in [9.17, 15) is 9.59 Å². The Labute approximate surface area is 119 Å². The van der Waals surface area contributed by atoms with Crippen molar-refractivity contribution in [3.05, 3.63) is 34.9 Å². The number of nitrogens with one attached hydrogen (secondary N) is 1. The SMILES string of the molecule is COC(=O)C[C@H](NCc1cc(C)cc(C)c1)C(=O)OC. The summed E-state index contributed by atoms with van der Waals surface area (Å²) < 4.78 is 9.26. The predicted molar refractivity (Wildman–Crippen MR) is 75.2 cm³/mol. The van der Waals surface area contributed by atoms with E-state index in [1.807, 2.05) is 26.0 Å². The van der Waals surface area contributed by atoms with Gasteiger partial charge in [0.05, 0.1) is 20.6 Å². The second-order valence-corrected chi connectivity index (χ2v) is 4.73. The normalized spacial score (nSPS) is 11.8. The minimum atomic E-state index is -0.701. The summed E-state index contributed by atoms with van der Waals surface area (Å²) in [6.45, 7) is 4.52. The molecule has 0 aliphatic heterocycles. The number of benzene rings is 1. The largest absolute Gasteiger partial charge is 0.469 e.